The predicted molar refractivity (Wildman–Crippen MR) is 68.4 cm³/mol. The topological polar surface area (TPSA) is 32.9 Å². The van der Waals surface area contributed by atoms with Gasteiger partial charge in [0.25, 0.3) is 0 Å². The standard InChI is InChI=1S/C13H9NOS/c15-13-9-7-8-3-1-2-4-10(8)14-11(9)5-6-12(13)16/h1-7,14,16H. The summed E-state index contributed by atoms with van der Waals surface area (Å²) in [6.45, 7) is 0. The van der Waals surface area contributed by atoms with E-state index in [4.69, 9.17) is 0 Å². The minimum Gasteiger partial charge on any atom is -0.354 e. The van der Waals surface area contributed by atoms with E-state index in [1.807, 2.05) is 36.4 Å². The lowest BCUT2D eigenvalue weighted by Gasteiger charge is -2.07. The van der Waals surface area contributed by atoms with Crippen LogP contribution in [0.4, 0.5) is 0 Å². The Labute approximate surface area is 97.7 Å². The van der Waals surface area contributed by atoms with Crippen LogP contribution in [0.1, 0.15) is 0 Å². The van der Waals surface area contributed by atoms with E-state index in [2.05, 4.69) is 17.6 Å². The van der Waals surface area contributed by atoms with E-state index in [1.165, 1.54) is 0 Å². The van der Waals surface area contributed by atoms with Crippen molar-refractivity contribution in [3.05, 3.63) is 52.7 Å². The molecule has 0 bridgehead atoms. The third-order valence-corrected chi connectivity index (χ3v) is 3.06. The molecular formula is C13H9NOS. The van der Waals surface area contributed by atoms with Gasteiger partial charge in [0, 0.05) is 16.8 Å². The van der Waals surface area contributed by atoms with E-state index < -0.39 is 0 Å². The number of H-pyrrole nitrogens is 1. The van der Waals surface area contributed by atoms with Crippen molar-refractivity contribution in [2.24, 2.45) is 0 Å². The van der Waals surface area contributed by atoms with Crippen molar-refractivity contribution in [3.8, 4) is 11.3 Å². The van der Waals surface area contributed by atoms with Gasteiger partial charge in [-0.2, -0.15) is 0 Å². The lowest BCUT2D eigenvalue weighted by atomic mass is 10.1. The second-order valence-electron chi connectivity index (χ2n) is 3.73. The van der Waals surface area contributed by atoms with Gasteiger partial charge in [0.2, 0.25) is 5.43 Å². The van der Waals surface area contributed by atoms with E-state index in [-0.39, 0.29) is 5.43 Å². The predicted octanol–water partition coefficient (Wildman–Crippen LogP) is 2.92. The SMILES string of the molecule is O=c1c(S)ccc2[nH]c3ccccc3cc1-2. The third-order valence-electron chi connectivity index (χ3n) is 2.71. The quantitative estimate of drug-likeness (QED) is 0.449. The Morgan fingerprint density at radius 1 is 1.06 bits per heavy atom. The molecule has 1 aliphatic heterocycles. The van der Waals surface area contributed by atoms with Gasteiger partial charge in [-0.1, -0.05) is 18.2 Å². The molecule has 1 heterocycles. The van der Waals surface area contributed by atoms with Crippen LogP contribution in [0.15, 0.2) is 52.2 Å². The number of thiol groups is 1. The summed E-state index contributed by atoms with van der Waals surface area (Å²) in [6.07, 6.45) is 0. The largest absolute Gasteiger partial charge is 0.354 e. The van der Waals surface area contributed by atoms with Crippen molar-refractivity contribution in [3.63, 3.8) is 0 Å². The molecule has 2 nitrogen and oxygen atoms in total. The van der Waals surface area contributed by atoms with Gasteiger partial charge in [-0.3, -0.25) is 4.79 Å². The molecule has 16 heavy (non-hydrogen) atoms. The molecule has 0 unspecified atom stereocenters. The van der Waals surface area contributed by atoms with Crippen LogP contribution in [-0.4, -0.2) is 4.98 Å². The molecule has 78 valence electrons. The third kappa shape index (κ3) is 1.32. The molecule has 0 fully saturated rings. The summed E-state index contributed by atoms with van der Waals surface area (Å²) in [5.74, 6) is 0. The number of fused-ring (bicyclic) bond motifs is 2. The summed E-state index contributed by atoms with van der Waals surface area (Å²) in [5, 5.41) is 1.03. The van der Waals surface area contributed by atoms with Gasteiger partial charge < -0.3 is 4.98 Å². The maximum atomic E-state index is 11.9. The number of hydrogen-bond acceptors (Lipinski definition) is 2. The lowest BCUT2D eigenvalue weighted by molar-refractivity contribution is 1.30. The van der Waals surface area contributed by atoms with E-state index in [1.54, 1.807) is 6.07 Å². The van der Waals surface area contributed by atoms with Gasteiger partial charge >= 0.3 is 0 Å². The van der Waals surface area contributed by atoms with Crippen LogP contribution < -0.4 is 5.43 Å². The Balaban J connectivity index is 2.53. The molecule has 1 N–H and O–H groups in total. The molecule has 3 rings (SSSR count). The number of benzene rings is 2. The highest BCUT2D eigenvalue weighted by Crippen LogP contribution is 2.22. The monoisotopic (exact) mass is 227 g/mol. The second kappa shape index (κ2) is 3.39. The Morgan fingerprint density at radius 2 is 1.88 bits per heavy atom. The van der Waals surface area contributed by atoms with E-state index in [0.717, 1.165) is 16.6 Å². The molecule has 2 aliphatic rings. The first kappa shape index (κ1) is 9.48. The van der Waals surface area contributed by atoms with Crippen LogP contribution in [-0.2, 0) is 0 Å². The molecule has 1 aliphatic carbocycles. The number of nitrogens with one attached hydrogen (secondary N) is 1. The Hall–Kier alpha value is -1.74. The normalized spacial score (nSPS) is 11.1. The minimum atomic E-state index is -0.0252. The van der Waals surface area contributed by atoms with Gasteiger partial charge in [0.05, 0.1) is 4.90 Å². The van der Waals surface area contributed by atoms with Gasteiger partial charge in [-0.15, -0.1) is 12.6 Å². The van der Waals surface area contributed by atoms with Crippen molar-refractivity contribution >= 4 is 23.5 Å². The first-order chi connectivity index (χ1) is 7.75. The van der Waals surface area contributed by atoms with Gasteiger partial charge in [0.15, 0.2) is 0 Å². The fourth-order valence-corrected chi connectivity index (χ4v) is 2.07. The van der Waals surface area contributed by atoms with Crippen LogP contribution in [0.2, 0.25) is 0 Å². The highest BCUT2D eigenvalue weighted by molar-refractivity contribution is 7.80. The zero-order valence-electron chi connectivity index (χ0n) is 8.40. The minimum absolute atomic E-state index is 0.0252. The smallest absolute Gasteiger partial charge is 0.201 e. The van der Waals surface area contributed by atoms with Crippen LogP contribution in [0.3, 0.4) is 0 Å². The summed E-state index contributed by atoms with van der Waals surface area (Å²) < 4.78 is 0. The van der Waals surface area contributed by atoms with Crippen molar-refractivity contribution in [2.75, 3.05) is 0 Å². The van der Waals surface area contributed by atoms with Crippen LogP contribution in [0.5, 0.6) is 0 Å². The molecule has 0 atom stereocenters. The summed E-state index contributed by atoms with van der Waals surface area (Å²) in [5.41, 5.74) is 2.54. The maximum absolute atomic E-state index is 11.9. The molecular weight excluding hydrogens is 218 g/mol. The zero-order valence-corrected chi connectivity index (χ0v) is 9.29. The van der Waals surface area contributed by atoms with Crippen LogP contribution in [0, 0.1) is 0 Å². The summed E-state index contributed by atoms with van der Waals surface area (Å²) in [7, 11) is 0. The molecule has 1 aromatic rings. The first-order valence-corrected chi connectivity index (χ1v) is 5.44. The Bertz CT molecular complexity index is 702. The molecule has 0 aromatic heterocycles. The molecule has 0 saturated carbocycles. The fraction of sp³-hybridized carbons (Fsp3) is 0. The average molecular weight is 227 g/mol. The number of aromatic nitrogens is 1. The number of rotatable bonds is 0. The highest BCUT2D eigenvalue weighted by atomic mass is 32.1. The summed E-state index contributed by atoms with van der Waals surface area (Å²) in [4.78, 5) is 15.6. The van der Waals surface area contributed by atoms with Gasteiger partial charge in [-0.05, 0) is 29.7 Å². The second-order valence-corrected chi connectivity index (χ2v) is 4.21. The van der Waals surface area contributed by atoms with Crippen molar-refractivity contribution in [1.82, 2.24) is 4.98 Å². The van der Waals surface area contributed by atoms with Gasteiger partial charge in [0.1, 0.15) is 0 Å². The summed E-state index contributed by atoms with van der Waals surface area (Å²) in [6, 6.07) is 13.4. The molecule has 0 spiro atoms. The fourth-order valence-electron chi connectivity index (χ4n) is 1.88. The number of para-hydroxylation sites is 1. The molecule has 0 amide bonds. The number of pyridine rings is 1. The van der Waals surface area contributed by atoms with Gasteiger partial charge in [-0.25, -0.2) is 0 Å². The van der Waals surface area contributed by atoms with E-state index >= 15 is 0 Å². The van der Waals surface area contributed by atoms with E-state index in [9.17, 15) is 4.79 Å². The van der Waals surface area contributed by atoms with Crippen LogP contribution >= 0.6 is 12.6 Å². The molecule has 1 aromatic carbocycles. The first-order valence-electron chi connectivity index (χ1n) is 4.99. The van der Waals surface area contributed by atoms with E-state index in [0.29, 0.717) is 10.5 Å². The average Bonchev–Trinajstić information content (AvgIpc) is 2.32. The Morgan fingerprint density at radius 3 is 2.75 bits per heavy atom. The molecule has 0 saturated heterocycles. The molecule has 0 radical (unpaired) electrons. The van der Waals surface area contributed by atoms with Crippen molar-refractivity contribution in [1.29, 1.82) is 0 Å². The summed E-state index contributed by atoms with van der Waals surface area (Å²) >= 11 is 4.14. The number of hydrogen-bond donors (Lipinski definition) is 2. The van der Waals surface area contributed by atoms with Crippen molar-refractivity contribution in [2.45, 2.75) is 4.90 Å². The Kier molecular flexibility index (Phi) is 2.01. The number of aromatic amines is 1. The highest BCUT2D eigenvalue weighted by Gasteiger charge is 2.09. The van der Waals surface area contributed by atoms with Crippen molar-refractivity contribution < 1.29 is 0 Å². The molecule has 3 heteroatoms. The van der Waals surface area contributed by atoms with Crippen LogP contribution in [0.25, 0.3) is 22.2 Å². The zero-order chi connectivity index (χ0) is 11.1. The maximum Gasteiger partial charge on any atom is 0.201 e. The lowest BCUT2D eigenvalue weighted by Crippen LogP contribution is -2.07.